The van der Waals surface area contributed by atoms with Crippen molar-refractivity contribution in [3.8, 4) is 0 Å². The number of nitrogens with zero attached hydrogens (tertiary/aromatic N) is 2. The van der Waals surface area contributed by atoms with Gasteiger partial charge in [-0.1, -0.05) is 25.6 Å². The van der Waals surface area contributed by atoms with E-state index in [1.807, 2.05) is 4.57 Å². The lowest BCUT2D eigenvalue weighted by atomic mass is 10.1. The molecule has 2 rings (SSSR count). The summed E-state index contributed by atoms with van der Waals surface area (Å²) in [6, 6.07) is 4.75. The molecule has 0 atom stereocenters. The molecule has 0 spiro atoms. The predicted molar refractivity (Wildman–Crippen MR) is 77.7 cm³/mol. The van der Waals surface area contributed by atoms with E-state index in [1.165, 1.54) is 23.9 Å². The van der Waals surface area contributed by atoms with Crippen LogP contribution in [0.4, 0.5) is 4.39 Å². The van der Waals surface area contributed by atoms with Gasteiger partial charge < -0.3 is 9.67 Å². The molecule has 0 saturated heterocycles. The molecule has 0 fully saturated rings. The van der Waals surface area contributed by atoms with E-state index in [4.69, 9.17) is 5.11 Å². The molecule has 0 bridgehead atoms. The first-order valence-electron chi connectivity index (χ1n) is 6.58. The van der Waals surface area contributed by atoms with Crippen molar-refractivity contribution in [1.82, 2.24) is 9.55 Å². The molecule has 0 unspecified atom stereocenters. The quantitative estimate of drug-likeness (QED) is 0.826. The standard InChI is InChI=1S/C14H17FN2O2S/c1-3-10(4-2)17-12-6-5-9(15)7-11(12)16-14(17)20-8-13(18)19/h5-7,10H,3-4,8H2,1-2H3,(H,18,19). The minimum Gasteiger partial charge on any atom is -0.481 e. The highest BCUT2D eigenvalue weighted by Crippen LogP contribution is 2.31. The van der Waals surface area contributed by atoms with Crippen molar-refractivity contribution < 1.29 is 14.3 Å². The number of aromatic nitrogens is 2. The van der Waals surface area contributed by atoms with Crippen LogP contribution in [0.5, 0.6) is 0 Å². The van der Waals surface area contributed by atoms with Gasteiger partial charge in [0.05, 0.1) is 16.8 Å². The minimum absolute atomic E-state index is 0.0497. The summed E-state index contributed by atoms with van der Waals surface area (Å²) in [5, 5.41) is 9.46. The van der Waals surface area contributed by atoms with Crippen molar-refractivity contribution in [2.75, 3.05) is 5.75 Å². The Hall–Kier alpha value is -1.56. The molecule has 1 N–H and O–H groups in total. The van der Waals surface area contributed by atoms with Gasteiger partial charge in [0.15, 0.2) is 5.16 Å². The summed E-state index contributed by atoms with van der Waals surface area (Å²) in [6.45, 7) is 4.16. The molecule has 0 saturated carbocycles. The number of hydrogen-bond acceptors (Lipinski definition) is 3. The normalized spacial score (nSPS) is 11.4. The summed E-state index contributed by atoms with van der Waals surface area (Å²) in [5.74, 6) is -1.27. The number of carboxylic acid groups (broad SMARTS) is 1. The molecule has 1 aromatic heterocycles. The van der Waals surface area contributed by atoms with Crippen molar-refractivity contribution in [2.45, 2.75) is 37.9 Å². The molecule has 0 radical (unpaired) electrons. The Labute approximate surface area is 121 Å². The zero-order chi connectivity index (χ0) is 14.7. The number of carboxylic acids is 1. The topological polar surface area (TPSA) is 55.1 Å². The first-order chi connectivity index (χ1) is 9.56. The highest BCUT2D eigenvalue weighted by atomic mass is 32.2. The van der Waals surface area contributed by atoms with Gasteiger partial charge in [0.2, 0.25) is 0 Å². The van der Waals surface area contributed by atoms with E-state index in [1.54, 1.807) is 6.07 Å². The predicted octanol–water partition coefficient (Wildman–Crippen LogP) is 3.71. The number of benzene rings is 1. The average Bonchev–Trinajstić information content (AvgIpc) is 2.76. The largest absolute Gasteiger partial charge is 0.481 e. The maximum atomic E-state index is 13.3. The van der Waals surface area contributed by atoms with Crippen LogP contribution in [0.1, 0.15) is 32.7 Å². The fraction of sp³-hybridized carbons (Fsp3) is 0.429. The van der Waals surface area contributed by atoms with Crippen LogP contribution in [0.3, 0.4) is 0 Å². The van der Waals surface area contributed by atoms with Gasteiger partial charge in [0, 0.05) is 12.1 Å². The van der Waals surface area contributed by atoms with E-state index < -0.39 is 5.97 Å². The molecule has 4 nitrogen and oxygen atoms in total. The van der Waals surface area contributed by atoms with Gasteiger partial charge in [0.25, 0.3) is 0 Å². The third-order valence-electron chi connectivity index (χ3n) is 3.25. The van der Waals surface area contributed by atoms with Crippen LogP contribution < -0.4 is 0 Å². The molecule has 20 heavy (non-hydrogen) atoms. The van der Waals surface area contributed by atoms with Crippen LogP contribution in [-0.4, -0.2) is 26.4 Å². The van der Waals surface area contributed by atoms with E-state index >= 15 is 0 Å². The number of fused-ring (bicyclic) bond motifs is 1. The molecule has 0 aliphatic rings. The fourth-order valence-electron chi connectivity index (χ4n) is 2.28. The second-order valence-corrected chi connectivity index (χ2v) is 5.49. The number of halogens is 1. The molecule has 1 heterocycles. The Bertz CT molecular complexity index is 623. The first kappa shape index (κ1) is 14.8. The maximum Gasteiger partial charge on any atom is 0.313 e. The fourth-order valence-corrected chi connectivity index (χ4v) is 3.09. The Morgan fingerprint density at radius 3 is 2.75 bits per heavy atom. The average molecular weight is 296 g/mol. The van der Waals surface area contributed by atoms with E-state index in [2.05, 4.69) is 18.8 Å². The summed E-state index contributed by atoms with van der Waals surface area (Å²) < 4.78 is 15.3. The highest BCUT2D eigenvalue weighted by Gasteiger charge is 2.18. The summed E-state index contributed by atoms with van der Waals surface area (Å²) in [5.41, 5.74) is 1.43. The lowest BCUT2D eigenvalue weighted by Crippen LogP contribution is -2.09. The second kappa shape index (κ2) is 6.26. The van der Waals surface area contributed by atoms with E-state index in [0.717, 1.165) is 18.4 Å². The SMILES string of the molecule is CCC(CC)n1c(SCC(=O)O)nc2cc(F)ccc21. The van der Waals surface area contributed by atoms with Crippen molar-refractivity contribution >= 4 is 28.8 Å². The van der Waals surface area contributed by atoms with Gasteiger partial charge in [-0.05, 0) is 25.0 Å². The smallest absolute Gasteiger partial charge is 0.313 e. The molecule has 0 aliphatic heterocycles. The Balaban J connectivity index is 2.52. The summed E-state index contributed by atoms with van der Waals surface area (Å²) in [4.78, 5) is 15.1. The lowest BCUT2D eigenvalue weighted by Gasteiger charge is -2.18. The first-order valence-corrected chi connectivity index (χ1v) is 7.57. The molecule has 2 aromatic rings. The van der Waals surface area contributed by atoms with Crippen molar-refractivity contribution in [3.05, 3.63) is 24.0 Å². The zero-order valence-corrected chi connectivity index (χ0v) is 12.3. The van der Waals surface area contributed by atoms with Crippen molar-refractivity contribution in [3.63, 3.8) is 0 Å². The van der Waals surface area contributed by atoms with Gasteiger partial charge in [-0.25, -0.2) is 9.37 Å². The molecular formula is C14H17FN2O2S. The van der Waals surface area contributed by atoms with Crippen LogP contribution in [0, 0.1) is 5.82 Å². The van der Waals surface area contributed by atoms with Crippen LogP contribution >= 0.6 is 11.8 Å². The number of hydrogen-bond donors (Lipinski definition) is 1. The maximum absolute atomic E-state index is 13.3. The molecule has 0 amide bonds. The molecule has 0 aliphatic carbocycles. The van der Waals surface area contributed by atoms with Crippen LogP contribution in [0.2, 0.25) is 0 Å². The molecule has 1 aromatic carbocycles. The number of thioether (sulfide) groups is 1. The van der Waals surface area contributed by atoms with Gasteiger partial charge >= 0.3 is 5.97 Å². The zero-order valence-electron chi connectivity index (χ0n) is 11.5. The number of aliphatic carboxylic acids is 1. The Morgan fingerprint density at radius 2 is 2.15 bits per heavy atom. The number of imidazole rings is 1. The Morgan fingerprint density at radius 1 is 1.45 bits per heavy atom. The number of rotatable bonds is 6. The van der Waals surface area contributed by atoms with Gasteiger partial charge in [-0.2, -0.15) is 0 Å². The lowest BCUT2D eigenvalue weighted by molar-refractivity contribution is -0.133. The molecule has 108 valence electrons. The summed E-state index contributed by atoms with van der Waals surface area (Å²) >= 11 is 1.18. The monoisotopic (exact) mass is 296 g/mol. The summed E-state index contributed by atoms with van der Waals surface area (Å²) in [7, 11) is 0. The van der Waals surface area contributed by atoms with Gasteiger partial charge in [-0.3, -0.25) is 4.79 Å². The Kier molecular flexibility index (Phi) is 4.65. The van der Waals surface area contributed by atoms with E-state index in [-0.39, 0.29) is 17.6 Å². The molecular weight excluding hydrogens is 279 g/mol. The highest BCUT2D eigenvalue weighted by molar-refractivity contribution is 7.99. The van der Waals surface area contributed by atoms with Gasteiger partial charge in [-0.15, -0.1) is 0 Å². The third kappa shape index (κ3) is 2.95. The van der Waals surface area contributed by atoms with Crippen molar-refractivity contribution in [2.24, 2.45) is 0 Å². The van der Waals surface area contributed by atoms with E-state index in [9.17, 15) is 9.18 Å². The van der Waals surface area contributed by atoms with Crippen LogP contribution in [0.15, 0.2) is 23.4 Å². The summed E-state index contributed by atoms with van der Waals surface area (Å²) in [6.07, 6.45) is 1.83. The minimum atomic E-state index is -0.885. The second-order valence-electron chi connectivity index (χ2n) is 4.55. The van der Waals surface area contributed by atoms with Gasteiger partial charge in [0.1, 0.15) is 5.82 Å². The van der Waals surface area contributed by atoms with Crippen molar-refractivity contribution in [1.29, 1.82) is 0 Å². The molecule has 6 heteroatoms. The third-order valence-corrected chi connectivity index (χ3v) is 4.19. The van der Waals surface area contributed by atoms with Crippen LogP contribution in [0.25, 0.3) is 11.0 Å². The van der Waals surface area contributed by atoms with E-state index in [0.29, 0.717) is 10.7 Å². The van der Waals surface area contributed by atoms with Crippen LogP contribution in [-0.2, 0) is 4.79 Å². The number of carbonyl (C=O) groups is 1.